The number of nitrogens with two attached hydrogens (primary N) is 1. The highest BCUT2D eigenvalue weighted by Gasteiger charge is 2.33. The lowest BCUT2D eigenvalue weighted by atomic mass is 9.88. The minimum Gasteiger partial charge on any atom is -0.349 e. The number of carbonyl (C=O) groups is 2. The number of nitrogens with zero attached hydrogens (tertiary/aromatic N) is 1. The number of nitrogens with one attached hydrogen (secondary N) is 1. The van der Waals surface area contributed by atoms with Gasteiger partial charge in [-0.2, -0.15) is 0 Å². The molecule has 0 radical (unpaired) electrons. The third-order valence-corrected chi connectivity index (χ3v) is 3.76. The maximum Gasteiger partial charge on any atom is 0.224 e. The van der Waals surface area contributed by atoms with Crippen LogP contribution in [0.2, 0.25) is 0 Å². The lowest BCUT2D eigenvalue weighted by Gasteiger charge is -2.34. The molecule has 0 bridgehead atoms. The van der Waals surface area contributed by atoms with Gasteiger partial charge in [0.2, 0.25) is 11.8 Å². The highest BCUT2D eigenvalue weighted by molar-refractivity contribution is 5.87. The molecule has 0 aromatic heterocycles. The molecule has 5 heteroatoms. The first-order valence-corrected chi connectivity index (χ1v) is 7.03. The quantitative estimate of drug-likeness (QED) is 0.773. The van der Waals surface area contributed by atoms with Crippen molar-refractivity contribution in [2.45, 2.75) is 45.6 Å². The smallest absolute Gasteiger partial charge is 0.224 e. The third-order valence-electron chi connectivity index (χ3n) is 3.76. The summed E-state index contributed by atoms with van der Waals surface area (Å²) in [5.41, 5.74) is 5.42. The summed E-state index contributed by atoms with van der Waals surface area (Å²) >= 11 is 0. The first kappa shape index (κ1) is 16.0. The van der Waals surface area contributed by atoms with Crippen LogP contribution in [0.15, 0.2) is 0 Å². The maximum absolute atomic E-state index is 12.3. The molecule has 0 spiro atoms. The number of carbonyl (C=O) groups excluding carboxylic acids is 2. The van der Waals surface area contributed by atoms with Gasteiger partial charge in [0.1, 0.15) is 0 Å². The van der Waals surface area contributed by atoms with Gasteiger partial charge in [-0.15, -0.1) is 0 Å². The molecule has 5 nitrogen and oxygen atoms in total. The molecule has 110 valence electrons. The Balaban J connectivity index is 2.60. The highest BCUT2D eigenvalue weighted by Crippen LogP contribution is 2.21. The highest BCUT2D eigenvalue weighted by atomic mass is 16.2. The Kier molecular flexibility index (Phi) is 5.35. The minimum absolute atomic E-state index is 0.0324. The lowest BCUT2D eigenvalue weighted by Crippen LogP contribution is -2.55. The fraction of sp³-hybridized carbons (Fsp3) is 0.857. The van der Waals surface area contributed by atoms with E-state index in [4.69, 9.17) is 5.73 Å². The van der Waals surface area contributed by atoms with Crippen molar-refractivity contribution < 1.29 is 9.59 Å². The third kappa shape index (κ3) is 4.49. The van der Waals surface area contributed by atoms with Gasteiger partial charge >= 0.3 is 0 Å². The molecule has 1 heterocycles. The van der Waals surface area contributed by atoms with Gasteiger partial charge in [-0.25, -0.2) is 0 Å². The Bertz CT molecular complexity index is 344. The van der Waals surface area contributed by atoms with E-state index in [2.05, 4.69) is 19.2 Å². The van der Waals surface area contributed by atoms with E-state index in [1.165, 1.54) is 0 Å². The molecule has 19 heavy (non-hydrogen) atoms. The summed E-state index contributed by atoms with van der Waals surface area (Å²) in [7, 11) is 1.78. The van der Waals surface area contributed by atoms with E-state index in [0.717, 1.165) is 12.8 Å². The summed E-state index contributed by atoms with van der Waals surface area (Å²) in [6, 6.07) is 0. The first-order valence-electron chi connectivity index (χ1n) is 7.03. The first-order chi connectivity index (χ1) is 8.77. The van der Waals surface area contributed by atoms with Crippen LogP contribution < -0.4 is 11.1 Å². The van der Waals surface area contributed by atoms with Crippen LogP contribution in [0.1, 0.15) is 40.0 Å². The van der Waals surface area contributed by atoms with Crippen molar-refractivity contribution >= 4 is 11.8 Å². The van der Waals surface area contributed by atoms with Crippen molar-refractivity contribution in [1.29, 1.82) is 0 Å². The second kappa shape index (κ2) is 6.37. The monoisotopic (exact) mass is 269 g/mol. The number of rotatable bonds is 5. The molecule has 1 saturated heterocycles. The fourth-order valence-electron chi connectivity index (χ4n) is 2.65. The van der Waals surface area contributed by atoms with Gasteiger partial charge in [-0.3, -0.25) is 9.59 Å². The van der Waals surface area contributed by atoms with Crippen molar-refractivity contribution in [2.24, 2.45) is 17.6 Å². The summed E-state index contributed by atoms with van der Waals surface area (Å²) < 4.78 is 0. The van der Waals surface area contributed by atoms with Gasteiger partial charge in [-0.1, -0.05) is 13.8 Å². The molecule has 2 atom stereocenters. The maximum atomic E-state index is 12.3. The SMILES string of the molecule is CC(C)CC(C)(CN)NC(=O)C1CCN(C)C(=O)C1. The number of hydrogen-bond acceptors (Lipinski definition) is 3. The Morgan fingerprint density at radius 2 is 2.21 bits per heavy atom. The van der Waals surface area contributed by atoms with Crippen LogP contribution in [-0.2, 0) is 9.59 Å². The summed E-state index contributed by atoms with van der Waals surface area (Å²) in [6.07, 6.45) is 1.89. The summed E-state index contributed by atoms with van der Waals surface area (Å²) in [5, 5.41) is 3.04. The van der Waals surface area contributed by atoms with Crippen LogP contribution in [0, 0.1) is 11.8 Å². The van der Waals surface area contributed by atoms with Crippen molar-refractivity contribution in [1.82, 2.24) is 10.2 Å². The normalized spacial score (nSPS) is 23.4. The molecule has 0 aliphatic carbocycles. The molecule has 1 aliphatic rings. The zero-order valence-electron chi connectivity index (χ0n) is 12.5. The molecular weight excluding hydrogens is 242 g/mol. The molecule has 2 amide bonds. The van der Waals surface area contributed by atoms with Crippen LogP contribution in [-0.4, -0.2) is 42.4 Å². The van der Waals surface area contributed by atoms with Gasteiger partial charge in [0.25, 0.3) is 0 Å². The molecule has 0 saturated carbocycles. The molecule has 3 N–H and O–H groups in total. The predicted octanol–water partition coefficient (Wildman–Crippen LogP) is 0.735. The Morgan fingerprint density at radius 1 is 1.58 bits per heavy atom. The van der Waals surface area contributed by atoms with Crippen molar-refractivity contribution in [3.8, 4) is 0 Å². The van der Waals surface area contributed by atoms with Crippen LogP contribution >= 0.6 is 0 Å². The van der Waals surface area contributed by atoms with E-state index < -0.39 is 0 Å². The zero-order chi connectivity index (χ0) is 14.6. The molecule has 1 rings (SSSR count). The van der Waals surface area contributed by atoms with E-state index in [-0.39, 0.29) is 23.3 Å². The van der Waals surface area contributed by atoms with Gasteiger partial charge in [-0.05, 0) is 25.7 Å². The number of likely N-dealkylation sites (tertiary alicyclic amines) is 1. The van der Waals surface area contributed by atoms with Gasteiger partial charge in [0, 0.05) is 38.0 Å². The van der Waals surface area contributed by atoms with E-state index >= 15 is 0 Å². The van der Waals surface area contributed by atoms with E-state index in [0.29, 0.717) is 25.4 Å². The number of amides is 2. The molecule has 1 fully saturated rings. The van der Waals surface area contributed by atoms with E-state index in [1.54, 1.807) is 11.9 Å². The molecule has 2 unspecified atom stereocenters. The lowest BCUT2D eigenvalue weighted by molar-refractivity contribution is -0.139. The van der Waals surface area contributed by atoms with Crippen LogP contribution in [0.25, 0.3) is 0 Å². The second-order valence-electron chi connectivity index (χ2n) is 6.36. The van der Waals surface area contributed by atoms with Crippen LogP contribution in [0.4, 0.5) is 0 Å². The Labute approximate surface area is 115 Å². The van der Waals surface area contributed by atoms with Gasteiger partial charge in [0.05, 0.1) is 0 Å². The number of piperidine rings is 1. The van der Waals surface area contributed by atoms with Crippen molar-refractivity contribution in [3.05, 3.63) is 0 Å². The topological polar surface area (TPSA) is 75.4 Å². The predicted molar refractivity (Wildman–Crippen MR) is 75.4 cm³/mol. The summed E-state index contributed by atoms with van der Waals surface area (Å²) in [4.78, 5) is 25.6. The number of hydrogen-bond donors (Lipinski definition) is 2. The molecule has 0 aromatic carbocycles. The van der Waals surface area contributed by atoms with E-state index in [1.807, 2.05) is 6.92 Å². The molecule has 1 aliphatic heterocycles. The van der Waals surface area contributed by atoms with Gasteiger partial charge in [0.15, 0.2) is 0 Å². The standard InChI is InChI=1S/C14H27N3O2/c1-10(2)8-14(3,9-15)16-13(19)11-5-6-17(4)12(18)7-11/h10-11H,5-9,15H2,1-4H3,(H,16,19). The minimum atomic E-state index is -0.377. The van der Waals surface area contributed by atoms with Crippen molar-refractivity contribution in [3.63, 3.8) is 0 Å². The zero-order valence-corrected chi connectivity index (χ0v) is 12.5. The average molecular weight is 269 g/mol. The largest absolute Gasteiger partial charge is 0.349 e. The van der Waals surface area contributed by atoms with Crippen LogP contribution in [0.5, 0.6) is 0 Å². The second-order valence-corrected chi connectivity index (χ2v) is 6.36. The molecular formula is C14H27N3O2. The Morgan fingerprint density at radius 3 is 2.68 bits per heavy atom. The van der Waals surface area contributed by atoms with E-state index in [9.17, 15) is 9.59 Å². The van der Waals surface area contributed by atoms with Gasteiger partial charge < -0.3 is 16.0 Å². The summed E-state index contributed by atoms with van der Waals surface area (Å²) in [5.74, 6) is 0.273. The molecule has 0 aromatic rings. The summed E-state index contributed by atoms with van der Waals surface area (Å²) in [6.45, 7) is 7.26. The van der Waals surface area contributed by atoms with Crippen molar-refractivity contribution in [2.75, 3.05) is 20.1 Å². The Hall–Kier alpha value is -1.10. The van der Waals surface area contributed by atoms with Crippen LogP contribution in [0.3, 0.4) is 0 Å². The fourth-order valence-corrected chi connectivity index (χ4v) is 2.65. The average Bonchev–Trinajstić information content (AvgIpc) is 2.31.